The van der Waals surface area contributed by atoms with Crippen LogP contribution in [0.5, 0.6) is 0 Å². The summed E-state index contributed by atoms with van der Waals surface area (Å²) in [5.74, 6) is 0.811. The van der Waals surface area contributed by atoms with Gasteiger partial charge in [-0.2, -0.15) is 0 Å². The van der Waals surface area contributed by atoms with Crippen molar-refractivity contribution >= 4 is 0 Å². The standard InChI is InChI=1S/C15H32N2/c1-11(16)13(15(5,6)7)17-9-8-12(10-17)14(2,3)4/h11-13H,8-10,16H2,1-7H3. The lowest BCUT2D eigenvalue weighted by molar-refractivity contribution is 0.0931. The molecule has 0 aromatic carbocycles. The van der Waals surface area contributed by atoms with Crippen molar-refractivity contribution in [3.63, 3.8) is 0 Å². The minimum Gasteiger partial charge on any atom is -0.327 e. The Kier molecular flexibility index (Phi) is 4.31. The Balaban J connectivity index is 2.74. The van der Waals surface area contributed by atoms with Crippen LogP contribution in [0.15, 0.2) is 0 Å². The van der Waals surface area contributed by atoms with E-state index in [0.717, 1.165) is 5.92 Å². The van der Waals surface area contributed by atoms with Gasteiger partial charge in [-0.1, -0.05) is 41.5 Å². The highest BCUT2D eigenvalue weighted by Gasteiger charge is 2.39. The minimum atomic E-state index is 0.244. The molecule has 0 saturated carbocycles. The van der Waals surface area contributed by atoms with Crippen molar-refractivity contribution in [3.05, 3.63) is 0 Å². The Morgan fingerprint density at radius 2 is 1.65 bits per heavy atom. The lowest BCUT2D eigenvalue weighted by Gasteiger charge is -2.41. The first kappa shape index (κ1) is 15.0. The molecule has 0 spiro atoms. The van der Waals surface area contributed by atoms with Gasteiger partial charge in [-0.15, -0.1) is 0 Å². The fourth-order valence-electron chi connectivity index (χ4n) is 3.42. The summed E-state index contributed by atoms with van der Waals surface area (Å²) in [6.07, 6.45) is 1.32. The van der Waals surface area contributed by atoms with Gasteiger partial charge in [0, 0.05) is 18.6 Å². The van der Waals surface area contributed by atoms with Crippen molar-refractivity contribution in [2.24, 2.45) is 22.5 Å². The van der Waals surface area contributed by atoms with E-state index in [2.05, 4.69) is 53.4 Å². The third-order valence-electron chi connectivity index (χ3n) is 4.22. The molecule has 1 fully saturated rings. The number of hydrogen-bond acceptors (Lipinski definition) is 2. The molecule has 1 aliphatic rings. The maximum absolute atomic E-state index is 6.22. The van der Waals surface area contributed by atoms with Crippen LogP contribution in [0.1, 0.15) is 54.9 Å². The van der Waals surface area contributed by atoms with E-state index in [9.17, 15) is 0 Å². The van der Waals surface area contributed by atoms with Gasteiger partial charge >= 0.3 is 0 Å². The van der Waals surface area contributed by atoms with E-state index >= 15 is 0 Å². The fraction of sp³-hybridized carbons (Fsp3) is 1.00. The lowest BCUT2D eigenvalue weighted by Crippen LogP contribution is -2.53. The van der Waals surface area contributed by atoms with Gasteiger partial charge in [-0.3, -0.25) is 4.90 Å². The van der Waals surface area contributed by atoms with Gasteiger partial charge < -0.3 is 5.73 Å². The molecule has 1 rings (SSSR count). The van der Waals surface area contributed by atoms with E-state index in [0.29, 0.717) is 11.5 Å². The Morgan fingerprint density at radius 1 is 1.12 bits per heavy atom. The van der Waals surface area contributed by atoms with Gasteiger partial charge in [0.05, 0.1) is 0 Å². The van der Waals surface area contributed by atoms with E-state index in [1.807, 2.05) is 0 Å². The zero-order valence-electron chi connectivity index (χ0n) is 12.9. The van der Waals surface area contributed by atoms with Gasteiger partial charge in [-0.05, 0) is 36.6 Å². The largest absolute Gasteiger partial charge is 0.327 e. The molecular weight excluding hydrogens is 208 g/mol. The molecule has 1 saturated heterocycles. The molecule has 0 bridgehead atoms. The Morgan fingerprint density at radius 3 is 1.94 bits per heavy atom. The van der Waals surface area contributed by atoms with Crippen molar-refractivity contribution in [2.75, 3.05) is 13.1 Å². The highest BCUT2D eigenvalue weighted by atomic mass is 15.2. The predicted octanol–water partition coefficient (Wildman–Crippen LogP) is 3.12. The van der Waals surface area contributed by atoms with Crippen molar-refractivity contribution < 1.29 is 0 Å². The number of nitrogens with zero attached hydrogens (tertiary/aromatic N) is 1. The Hall–Kier alpha value is -0.0800. The SMILES string of the molecule is CC(N)C(N1CCC(C(C)(C)C)C1)C(C)(C)C. The summed E-state index contributed by atoms with van der Waals surface area (Å²) in [6.45, 7) is 18.6. The first-order valence-corrected chi connectivity index (χ1v) is 7.03. The molecule has 1 aliphatic heterocycles. The normalized spacial score (nSPS) is 27.2. The quantitative estimate of drug-likeness (QED) is 0.803. The summed E-state index contributed by atoms with van der Waals surface area (Å²) in [7, 11) is 0. The third-order valence-corrected chi connectivity index (χ3v) is 4.22. The highest BCUT2D eigenvalue weighted by Crippen LogP contribution is 2.37. The van der Waals surface area contributed by atoms with Crippen LogP contribution in [0, 0.1) is 16.7 Å². The first-order chi connectivity index (χ1) is 7.53. The molecule has 17 heavy (non-hydrogen) atoms. The predicted molar refractivity (Wildman–Crippen MR) is 76.0 cm³/mol. The summed E-state index contributed by atoms with van der Waals surface area (Å²) in [5, 5.41) is 0. The van der Waals surface area contributed by atoms with Crippen LogP contribution >= 0.6 is 0 Å². The van der Waals surface area contributed by atoms with Crippen LogP contribution in [-0.2, 0) is 0 Å². The van der Waals surface area contributed by atoms with Gasteiger partial charge in [0.15, 0.2) is 0 Å². The second-order valence-electron chi connectivity index (χ2n) is 8.02. The summed E-state index contributed by atoms with van der Waals surface area (Å²) >= 11 is 0. The monoisotopic (exact) mass is 240 g/mol. The average molecular weight is 240 g/mol. The maximum atomic E-state index is 6.22. The van der Waals surface area contributed by atoms with Gasteiger partial charge in [0.25, 0.3) is 0 Å². The summed E-state index contributed by atoms with van der Waals surface area (Å²) in [6, 6.07) is 0.739. The second kappa shape index (κ2) is 4.89. The second-order valence-corrected chi connectivity index (χ2v) is 8.02. The molecule has 0 amide bonds. The molecular formula is C15H32N2. The molecule has 2 heteroatoms. The first-order valence-electron chi connectivity index (χ1n) is 7.03. The van der Waals surface area contributed by atoms with Crippen LogP contribution < -0.4 is 5.73 Å². The summed E-state index contributed by atoms with van der Waals surface area (Å²) in [4.78, 5) is 2.63. The fourth-order valence-corrected chi connectivity index (χ4v) is 3.42. The zero-order valence-corrected chi connectivity index (χ0v) is 12.9. The summed E-state index contributed by atoms with van der Waals surface area (Å²) < 4.78 is 0. The van der Waals surface area contributed by atoms with Gasteiger partial charge in [0.1, 0.15) is 0 Å². The number of hydrogen-bond donors (Lipinski definition) is 1. The molecule has 0 aromatic rings. The highest BCUT2D eigenvalue weighted by molar-refractivity contribution is 4.94. The smallest absolute Gasteiger partial charge is 0.0293 e. The number of likely N-dealkylation sites (tertiary alicyclic amines) is 1. The Labute approximate surface area is 108 Å². The van der Waals surface area contributed by atoms with E-state index in [1.54, 1.807) is 0 Å². The third kappa shape index (κ3) is 3.69. The molecule has 0 aromatic heterocycles. The van der Waals surface area contributed by atoms with E-state index in [4.69, 9.17) is 5.73 Å². The lowest BCUT2D eigenvalue weighted by atomic mass is 9.79. The van der Waals surface area contributed by atoms with E-state index in [-0.39, 0.29) is 11.5 Å². The zero-order chi connectivity index (χ0) is 13.4. The van der Waals surface area contributed by atoms with Gasteiger partial charge in [-0.25, -0.2) is 0 Å². The van der Waals surface area contributed by atoms with Crippen molar-refractivity contribution in [1.29, 1.82) is 0 Å². The molecule has 0 radical (unpaired) electrons. The van der Waals surface area contributed by atoms with E-state index in [1.165, 1.54) is 19.5 Å². The molecule has 1 heterocycles. The molecule has 2 N–H and O–H groups in total. The molecule has 102 valence electrons. The average Bonchev–Trinajstić information content (AvgIpc) is 2.47. The van der Waals surface area contributed by atoms with Crippen molar-refractivity contribution in [1.82, 2.24) is 4.90 Å². The van der Waals surface area contributed by atoms with E-state index < -0.39 is 0 Å². The molecule has 2 nitrogen and oxygen atoms in total. The van der Waals surface area contributed by atoms with Crippen LogP contribution in [0.2, 0.25) is 0 Å². The van der Waals surface area contributed by atoms with Crippen molar-refractivity contribution in [3.8, 4) is 0 Å². The van der Waals surface area contributed by atoms with Crippen LogP contribution in [0.3, 0.4) is 0 Å². The molecule has 0 aliphatic carbocycles. The maximum Gasteiger partial charge on any atom is 0.0293 e. The summed E-state index contributed by atoms with van der Waals surface area (Å²) in [5.41, 5.74) is 6.91. The van der Waals surface area contributed by atoms with Crippen molar-refractivity contribution in [2.45, 2.75) is 67.0 Å². The Bertz CT molecular complexity index is 245. The number of nitrogens with two attached hydrogens (primary N) is 1. The van der Waals surface area contributed by atoms with Crippen LogP contribution in [0.25, 0.3) is 0 Å². The molecule has 3 atom stereocenters. The topological polar surface area (TPSA) is 29.3 Å². The molecule has 3 unspecified atom stereocenters. The number of rotatable bonds is 2. The minimum absolute atomic E-state index is 0.244. The van der Waals surface area contributed by atoms with Crippen LogP contribution in [0.4, 0.5) is 0 Å². The van der Waals surface area contributed by atoms with Crippen LogP contribution in [-0.4, -0.2) is 30.1 Å². The van der Waals surface area contributed by atoms with Gasteiger partial charge in [0.2, 0.25) is 0 Å².